The summed E-state index contributed by atoms with van der Waals surface area (Å²) in [5.41, 5.74) is 3.19. The Bertz CT molecular complexity index is 698. The van der Waals surface area contributed by atoms with Crippen molar-refractivity contribution < 1.29 is 9.18 Å². The minimum atomic E-state index is -0.237. The zero-order valence-corrected chi connectivity index (χ0v) is 14.6. The summed E-state index contributed by atoms with van der Waals surface area (Å²) >= 11 is 0. The average molecular weight is 344 g/mol. The van der Waals surface area contributed by atoms with Gasteiger partial charge in [0.1, 0.15) is 5.82 Å². The van der Waals surface area contributed by atoms with Crippen LogP contribution >= 0.6 is 0 Å². The zero-order chi connectivity index (χ0) is 17.6. The predicted octanol–water partition coefficient (Wildman–Crippen LogP) is 2.40. The van der Waals surface area contributed by atoms with Gasteiger partial charge >= 0.3 is 0 Å². The van der Waals surface area contributed by atoms with Gasteiger partial charge in [0.05, 0.1) is 12.2 Å². The molecule has 25 heavy (non-hydrogen) atoms. The third-order valence-corrected chi connectivity index (χ3v) is 4.67. The van der Waals surface area contributed by atoms with Gasteiger partial charge in [0.15, 0.2) is 0 Å². The van der Waals surface area contributed by atoms with Crippen molar-refractivity contribution >= 4 is 5.91 Å². The number of amides is 1. The third-order valence-electron chi connectivity index (χ3n) is 4.67. The number of hydrogen-bond acceptors (Lipinski definition) is 3. The standard InChI is InChI=1S/C19H25FN4O/c1-14-11-18(23-22-14)16-3-2-10-24(12-16)13-19(25)21-9-8-15-4-6-17(20)7-5-15/h4-7,11,16H,2-3,8-10,12-13H2,1H3,(H,21,25)(H,22,23)/t16-/m0/s1. The van der Waals surface area contributed by atoms with Crippen LogP contribution in [0, 0.1) is 12.7 Å². The SMILES string of the molecule is Cc1cc([C@H]2CCCN(CC(=O)NCCc3ccc(F)cc3)C2)n[nH]1. The van der Waals surface area contributed by atoms with Crippen LogP contribution in [0.5, 0.6) is 0 Å². The molecular formula is C19H25FN4O. The number of aromatic amines is 1. The number of carbonyl (C=O) groups is 1. The summed E-state index contributed by atoms with van der Waals surface area (Å²) in [6.07, 6.45) is 2.91. The molecule has 6 heteroatoms. The summed E-state index contributed by atoms with van der Waals surface area (Å²) in [5, 5.41) is 10.3. The smallest absolute Gasteiger partial charge is 0.234 e. The molecule has 0 spiro atoms. The van der Waals surface area contributed by atoms with Crippen LogP contribution < -0.4 is 5.32 Å². The molecule has 2 heterocycles. The van der Waals surface area contributed by atoms with Crippen LogP contribution in [0.3, 0.4) is 0 Å². The largest absolute Gasteiger partial charge is 0.355 e. The van der Waals surface area contributed by atoms with Crippen molar-refractivity contribution in [3.8, 4) is 0 Å². The molecule has 1 fully saturated rings. The minimum absolute atomic E-state index is 0.0426. The maximum atomic E-state index is 12.9. The van der Waals surface area contributed by atoms with Crippen LogP contribution in [0.15, 0.2) is 30.3 Å². The minimum Gasteiger partial charge on any atom is -0.355 e. The lowest BCUT2D eigenvalue weighted by atomic mass is 9.94. The Hall–Kier alpha value is -2.21. The highest BCUT2D eigenvalue weighted by Gasteiger charge is 2.24. The topological polar surface area (TPSA) is 61.0 Å². The van der Waals surface area contributed by atoms with Crippen LogP contribution in [0.25, 0.3) is 0 Å². The van der Waals surface area contributed by atoms with E-state index in [2.05, 4.69) is 26.5 Å². The van der Waals surface area contributed by atoms with E-state index in [0.717, 1.165) is 42.9 Å². The average Bonchev–Trinajstić information content (AvgIpc) is 3.03. The van der Waals surface area contributed by atoms with Gasteiger partial charge in [-0.15, -0.1) is 0 Å². The molecule has 0 aliphatic carbocycles. The molecule has 1 aromatic carbocycles. The monoisotopic (exact) mass is 344 g/mol. The summed E-state index contributed by atoms with van der Waals surface area (Å²) in [4.78, 5) is 14.4. The van der Waals surface area contributed by atoms with E-state index in [0.29, 0.717) is 25.4 Å². The summed E-state index contributed by atoms with van der Waals surface area (Å²) in [7, 11) is 0. The van der Waals surface area contributed by atoms with Gasteiger partial charge in [-0.05, 0) is 56.5 Å². The van der Waals surface area contributed by atoms with Crippen LogP contribution in [-0.2, 0) is 11.2 Å². The van der Waals surface area contributed by atoms with Crippen molar-refractivity contribution in [2.24, 2.45) is 0 Å². The number of piperidine rings is 1. The lowest BCUT2D eigenvalue weighted by molar-refractivity contribution is -0.122. The zero-order valence-electron chi connectivity index (χ0n) is 14.6. The number of hydrogen-bond donors (Lipinski definition) is 2. The first kappa shape index (κ1) is 17.6. The maximum Gasteiger partial charge on any atom is 0.234 e. The van der Waals surface area contributed by atoms with E-state index in [-0.39, 0.29) is 11.7 Å². The number of aryl methyl sites for hydroxylation is 1. The molecule has 1 atom stereocenters. The normalized spacial score (nSPS) is 18.2. The molecule has 0 saturated carbocycles. The Morgan fingerprint density at radius 3 is 2.92 bits per heavy atom. The summed E-state index contributed by atoms with van der Waals surface area (Å²) < 4.78 is 12.9. The second-order valence-electron chi connectivity index (χ2n) is 6.78. The first-order valence-electron chi connectivity index (χ1n) is 8.85. The number of benzene rings is 1. The van der Waals surface area contributed by atoms with Gasteiger partial charge in [0.25, 0.3) is 0 Å². The van der Waals surface area contributed by atoms with Crippen LogP contribution in [0.4, 0.5) is 4.39 Å². The number of rotatable bonds is 6. The van der Waals surface area contributed by atoms with E-state index in [4.69, 9.17) is 0 Å². The molecule has 1 aliphatic heterocycles. The molecule has 1 aromatic heterocycles. The highest BCUT2D eigenvalue weighted by molar-refractivity contribution is 5.78. The predicted molar refractivity (Wildman–Crippen MR) is 94.9 cm³/mol. The molecule has 2 N–H and O–H groups in total. The molecule has 0 unspecified atom stereocenters. The third kappa shape index (κ3) is 5.13. The van der Waals surface area contributed by atoms with E-state index in [1.807, 2.05) is 6.92 Å². The Labute approximate surface area is 147 Å². The van der Waals surface area contributed by atoms with Gasteiger partial charge in [0, 0.05) is 24.7 Å². The number of nitrogens with one attached hydrogen (secondary N) is 2. The second-order valence-corrected chi connectivity index (χ2v) is 6.78. The molecule has 1 amide bonds. The Kier molecular flexibility index (Phi) is 5.81. The Morgan fingerprint density at radius 1 is 1.40 bits per heavy atom. The van der Waals surface area contributed by atoms with Crippen molar-refractivity contribution in [1.29, 1.82) is 0 Å². The summed E-state index contributed by atoms with van der Waals surface area (Å²) in [6, 6.07) is 8.49. The van der Waals surface area contributed by atoms with Crippen LogP contribution in [0.1, 0.15) is 35.7 Å². The second kappa shape index (κ2) is 8.25. The first-order valence-corrected chi connectivity index (χ1v) is 8.85. The van der Waals surface area contributed by atoms with Gasteiger partial charge in [-0.1, -0.05) is 12.1 Å². The van der Waals surface area contributed by atoms with Gasteiger partial charge < -0.3 is 5.32 Å². The molecule has 5 nitrogen and oxygen atoms in total. The molecule has 0 bridgehead atoms. The van der Waals surface area contributed by atoms with Crippen molar-refractivity contribution in [2.75, 3.05) is 26.2 Å². The molecule has 1 saturated heterocycles. The molecular weight excluding hydrogens is 319 g/mol. The maximum absolute atomic E-state index is 12.9. The highest BCUT2D eigenvalue weighted by atomic mass is 19.1. The molecule has 0 radical (unpaired) electrons. The quantitative estimate of drug-likeness (QED) is 0.846. The molecule has 2 aromatic rings. The number of carbonyl (C=O) groups excluding carboxylic acids is 1. The van der Waals surface area contributed by atoms with Crippen LogP contribution in [0.2, 0.25) is 0 Å². The fourth-order valence-corrected chi connectivity index (χ4v) is 3.35. The van der Waals surface area contributed by atoms with Gasteiger partial charge in [0.2, 0.25) is 5.91 Å². The van der Waals surface area contributed by atoms with Gasteiger partial charge in [-0.25, -0.2) is 4.39 Å². The first-order chi connectivity index (χ1) is 12.1. The van der Waals surface area contributed by atoms with Gasteiger partial charge in [-0.2, -0.15) is 5.10 Å². The number of nitrogens with zero attached hydrogens (tertiary/aromatic N) is 2. The molecule has 134 valence electrons. The van der Waals surface area contributed by atoms with Gasteiger partial charge in [-0.3, -0.25) is 14.8 Å². The summed E-state index contributed by atoms with van der Waals surface area (Å²) in [6.45, 7) is 4.82. The van der Waals surface area contributed by atoms with E-state index in [1.54, 1.807) is 12.1 Å². The van der Waals surface area contributed by atoms with Crippen molar-refractivity contribution in [2.45, 2.75) is 32.1 Å². The Balaban J connectivity index is 1.42. The number of H-pyrrole nitrogens is 1. The fraction of sp³-hybridized carbons (Fsp3) is 0.474. The lowest BCUT2D eigenvalue weighted by Gasteiger charge is -2.31. The van der Waals surface area contributed by atoms with E-state index >= 15 is 0 Å². The number of halogens is 1. The summed E-state index contributed by atoms with van der Waals surface area (Å²) in [5.74, 6) is 0.200. The highest BCUT2D eigenvalue weighted by Crippen LogP contribution is 2.25. The number of likely N-dealkylation sites (tertiary alicyclic amines) is 1. The van der Waals surface area contributed by atoms with Crippen molar-refractivity contribution in [3.63, 3.8) is 0 Å². The van der Waals surface area contributed by atoms with E-state index in [9.17, 15) is 9.18 Å². The Morgan fingerprint density at radius 2 is 2.20 bits per heavy atom. The van der Waals surface area contributed by atoms with E-state index in [1.165, 1.54) is 12.1 Å². The van der Waals surface area contributed by atoms with Crippen molar-refractivity contribution in [1.82, 2.24) is 20.4 Å². The van der Waals surface area contributed by atoms with Crippen molar-refractivity contribution in [3.05, 3.63) is 53.1 Å². The van der Waals surface area contributed by atoms with Crippen LogP contribution in [-0.4, -0.2) is 47.2 Å². The fourth-order valence-electron chi connectivity index (χ4n) is 3.35. The number of aromatic nitrogens is 2. The van der Waals surface area contributed by atoms with E-state index < -0.39 is 0 Å². The molecule has 3 rings (SSSR count). The lowest BCUT2D eigenvalue weighted by Crippen LogP contribution is -2.42. The molecule has 1 aliphatic rings.